The molecular formula is C16H19N3O6. The minimum atomic E-state index is -0.632. The van der Waals surface area contributed by atoms with Crippen LogP contribution in [-0.4, -0.2) is 52.2 Å². The Hall–Kier alpha value is -2.68. The molecule has 0 spiro atoms. The molecule has 9 nitrogen and oxygen atoms in total. The molecule has 134 valence electrons. The molecule has 0 saturated carbocycles. The van der Waals surface area contributed by atoms with Crippen LogP contribution in [0.15, 0.2) is 24.3 Å². The van der Waals surface area contributed by atoms with Gasteiger partial charge in [-0.2, -0.15) is 0 Å². The molecule has 1 aromatic rings. The zero-order valence-corrected chi connectivity index (χ0v) is 13.5. The smallest absolute Gasteiger partial charge is 0.410 e. The fourth-order valence-corrected chi connectivity index (χ4v) is 3.34. The Balaban J connectivity index is 1.59. The third kappa shape index (κ3) is 3.87. The number of carbonyl (C=O) groups excluding carboxylic acids is 2. The summed E-state index contributed by atoms with van der Waals surface area (Å²) < 4.78 is 5.28. The molecular weight excluding hydrogens is 330 g/mol. The first-order chi connectivity index (χ1) is 11.9. The molecule has 3 atom stereocenters. The fourth-order valence-electron chi connectivity index (χ4n) is 3.34. The Bertz CT molecular complexity index is 677. The molecule has 2 aliphatic rings. The summed E-state index contributed by atoms with van der Waals surface area (Å²) in [6, 6.07) is 5.52. The highest BCUT2D eigenvalue weighted by Crippen LogP contribution is 2.29. The lowest BCUT2D eigenvalue weighted by molar-refractivity contribution is -0.384. The number of hydrogen-bond acceptors (Lipinski definition) is 6. The second-order valence-corrected chi connectivity index (χ2v) is 6.36. The lowest BCUT2D eigenvalue weighted by Gasteiger charge is -2.27. The summed E-state index contributed by atoms with van der Waals surface area (Å²) in [6.45, 7) is 0.648. The largest absolute Gasteiger partial charge is 0.445 e. The van der Waals surface area contributed by atoms with Gasteiger partial charge < -0.3 is 20.1 Å². The van der Waals surface area contributed by atoms with Gasteiger partial charge in [-0.3, -0.25) is 14.9 Å². The Kier molecular flexibility index (Phi) is 4.84. The van der Waals surface area contributed by atoms with Crippen molar-refractivity contribution in [1.82, 2.24) is 10.2 Å². The van der Waals surface area contributed by atoms with E-state index in [0.29, 0.717) is 24.9 Å². The zero-order chi connectivity index (χ0) is 18.0. The number of aliphatic hydroxyl groups excluding tert-OH is 1. The quantitative estimate of drug-likeness (QED) is 0.612. The molecule has 2 N–H and O–H groups in total. The molecule has 0 aromatic heterocycles. The monoisotopic (exact) mass is 349 g/mol. The van der Waals surface area contributed by atoms with Crippen LogP contribution in [0.3, 0.4) is 0 Å². The van der Waals surface area contributed by atoms with Crippen LogP contribution >= 0.6 is 0 Å². The van der Waals surface area contributed by atoms with Crippen molar-refractivity contribution in [3.05, 3.63) is 39.9 Å². The highest BCUT2D eigenvalue weighted by atomic mass is 16.6. The third-order valence-electron chi connectivity index (χ3n) is 4.62. The van der Waals surface area contributed by atoms with Crippen LogP contribution in [0.1, 0.15) is 18.4 Å². The number of benzene rings is 1. The van der Waals surface area contributed by atoms with Gasteiger partial charge in [0.25, 0.3) is 5.69 Å². The number of amides is 2. The van der Waals surface area contributed by atoms with Crippen LogP contribution in [-0.2, 0) is 16.1 Å². The molecule has 0 radical (unpaired) electrons. The van der Waals surface area contributed by atoms with Crippen LogP contribution in [0.4, 0.5) is 10.5 Å². The Morgan fingerprint density at radius 3 is 2.72 bits per heavy atom. The highest BCUT2D eigenvalue weighted by molar-refractivity contribution is 5.78. The third-order valence-corrected chi connectivity index (χ3v) is 4.62. The number of nitro benzene ring substituents is 1. The van der Waals surface area contributed by atoms with Crippen LogP contribution in [0.2, 0.25) is 0 Å². The number of β-amino-alcohol motifs (C(OH)–C–C–N with tert-alkyl or cyclic N) is 1. The van der Waals surface area contributed by atoms with Crippen LogP contribution in [0.25, 0.3) is 0 Å². The summed E-state index contributed by atoms with van der Waals surface area (Å²) in [5, 5.41) is 23.3. The highest BCUT2D eigenvalue weighted by Gasteiger charge is 2.42. The average Bonchev–Trinajstić information content (AvgIpc) is 3.18. The van der Waals surface area contributed by atoms with Crippen LogP contribution in [0, 0.1) is 16.0 Å². The van der Waals surface area contributed by atoms with Crippen molar-refractivity contribution in [2.75, 3.05) is 13.1 Å². The van der Waals surface area contributed by atoms with E-state index in [4.69, 9.17) is 4.74 Å². The minimum absolute atomic E-state index is 0.0159. The van der Waals surface area contributed by atoms with Gasteiger partial charge in [-0.15, -0.1) is 0 Å². The number of likely N-dealkylation sites (tertiary alicyclic amines) is 1. The first-order valence-electron chi connectivity index (χ1n) is 8.05. The summed E-state index contributed by atoms with van der Waals surface area (Å²) in [6.07, 6.45) is -0.428. The van der Waals surface area contributed by atoms with E-state index in [1.165, 1.54) is 29.2 Å². The molecule has 2 aliphatic heterocycles. The van der Waals surface area contributed by atoms with Crippen LogP contribution < -0.4 is 5.32 Å². The van der Waals surface area contributed by atoms with E-state index in [1.807, 2.05) is 0 Å². The predicted molar refractivity (Wildman–Crippen MR) is 85.5 cm³/mol. The van der Waals surface area contributed by atoms with Gasteiger partial charge in [0.2, 0.25) is 5.91 Å². The van der Waals surface area contributed by atoms with Crippen molar-refractivity contribution in [3.63, 3.8) is 0 Å². The van der Waals surface area contributed by atoms with Crippen molar-refractivity contribution in [3.8, 4) is 0 Å². The summed E-state index contributed by atoms with van der Waals surface area (Å²) in [4.78, 5) is 35.4. The lowest BCUT2D eigenvalue weighted by Crippen LogP contribution is -2.41. The first-order valence-corrected chi connectivity index (χ1v) is 8.05. The molecule has 0 aliphatic carbocycles. The van der Waals surface area contributed by atoms with Crippen LogP contribution in [0.5, 0.6) is 0 Å². The van der Waals surface area contributed by atoms with Gasteiger partial charge in [0, 0.05) is 37.1 Å². The van der Waals surface area contributed by atoms with E-state index < -0.39 is 17.1 Å². The second kappa shape index (κ2) is 7.06. The number of rotatable bonds is 4. The minimum Gasteiger partial charge on any atom is -0.445 e. The Labute approximate surface area is 143 Å². The van der Waals surface area contributed by atoms with E-state index >= 15 is 0 Å². The normalized spacial score (nSPS) is 25.7. The number of nitrogens with zero attached hydrogens (tertiary/aromatic N) is 2. The van der Waals surface area contributed by atoms with E-state index in [2.05, 4.69) is 5.32 Å². The van der Waals surface area contributed by atoms with Gasteiger partial charge in [0.15, 0.2) is 0 Å². The molecule has 2 heterocycles. The number of ether oxygens (including phenoxy) is 1. The number of aliphatic hydroxyl groups is 1. The van der Waals surface area contributed by atoms with E-state index in [9.17, 15) is 24.8 Å². The molecule has 3 rings (SSSR count). The molecule has 0 bridgehead atoms. The van der Waals surface area contributed by atoms with Gasteiger partial charge in [0.05, 0.1) is 17.6 Å². The van der Waals surface area contributed by atoms with E-state index in [1.54, 1.807) is 0 Å². The summed E-state index contributed by atoms with van der Waals surface area (Å²) >= 11 is 0. The summed E-state index contributed by atoms with van der Waals surface area (Å²) in [7, 11) is 0. The van der Waals surface area contributed by atoms with Crippen molar-refractivity contribution in [2.24, 2.45) is 5.92 Å². The van der Waals surface area contributed by atoms with Gasteiger partial charge in [-0.05, 0) is 24.1 Å². The summed E-state index contributed by atoms with van der Waals surface area (Å²) in [5.74, 6) is -0.0813. The number of nitro groups is 1. The van der Waals surface area contributed by atoms with E-state index in [-0.39, 0.29) is 36.7 Å². The topological polar surface area (TPSA) is 122 Å². The molecule has 2 amide bonds. The SMILES string of the molecule is O=C1CC([C@@H]2C[C@@H](O)CN2C(=O)OCc2ccc([N+](=O)[O-])cc2)CN1. The molecule has 2 saturated heterocycles. The maximum absolute atomic E-state index is 12.4. The Morgan fingerprint density at radius 2 is 2.12 bits per heavy atom. The number of nitrogens with one attached hydrogen (secondary N) is 1. The van der Waals surface area contributed by atoms with Crippen molar-refractivity contribution < 1.29 is 24.4 Å². The van der Waals surface area contributed by atoms with Gasteiger partial charge in [-0.25, -0.2) is 4.79 Å². The standard InChI is InChI=1S/C16H19N3O6/c20-13-6-14(11-5-15(21)17-7-11)18(8-13)16(22)25-9-10-1-3-12(4-2-10)19(23)24/h1-4,11,13-14,20H,5-9H2,(H,17,21)/t11?,13-,14+/m1/s1. The van der Waals surface area contributed by atoms with Gasteiger partial charge >= 0.3 is 6.09 Å². The number of non-ortho nitro benzene ring substituents is 1. The Morgan fingerprint density at radius 1 is 1.40 bits per heavy atom. The fraction of sp³-hybridized carbons (Fsp3) is 0.500. The maximum Gasteiger partial charge on any atom is 0.410 e. The molecule has 9 heteroatoms. The van der Waals surface area contributed by atoms with Crippen molar-refractivity contribution >= 4 is 17.7 Å². The number of carbonyl (C=O) groups is 2. The molecule has 1 aromatic carbocycles. The average molecular weight is 349 g/mol. The molecule has 2 fully saturated rings. The molecule has 1 unspecified atom stereocenters. The van der Waals surface area contributed by atoms with E-state index in [0.717, 1.165) is 0 Å². The van der Waals surface area contributed by atoms with Gasteiger partial charge in [0.1, 0.15) is 6.61 Å². The lowest BCUT2D eigenvalue weighted by atomic mass is 9.96. The van der Waals surface area contributed by atoms with Crippen molar-refractivity contribution in [2.45, 2.75) is 31.6 Å². The summed E-state index contributed by atoms with van der Waals surface area (Å²) in [5.41, 5.74) is 0.601. The number of hydrogen-bond donors (Lipinski definition) is 2. The zero-order valence-electron chi connectivity index (χ0n) is 13.5. The second-order valence-electron chi connectivity index (χ2n) is 6.36. The van der Waals surface area contributed by atoms with Gasteiger partial charge in [-0.1, -0.05) is 0 Å². The molecule has 25 heavy (non-hydrogen) atoms. The van der Waals surface area contributed by atoms with Crippen molar-refractivity contribution in [1.29, 1.82) is 0 Å². The first kappa shape index (κ1) is 17.2. The predicted octanol–water partition coefficient (Wildman–Crippen LogP) is 0.803. The maximum atomic E-state index is 12.4.